The van der Waals surface area contributed by atoms with Crippen LogP contribution in [0.1, 0.15) is 0 Å². The molecule has 0 atom stereocenters. The molecular weight excluding hydrogens is 533 g/mol. The molecule has 0 saturated carbocycles. The molecule has 0 radical (unpaired) electrons. The van der Waals surface area contributed by atoms with Crippen molar-refractivity contribution in [2.45, 2.75) is 0 Å². The summed E-state index contributed by atoms with van der Waals surface area (Å²) in [5.74, 6) is 1.18. The molecule has 200 valence electrons. The molecular formula is C24H27ClFN9O2S. The lowest BCUT2D eigenvalue weighted by Crippen LogP contribution is -2.51. The lowest BCUT2D eigenvalue weighted by Gasteiger charge is -2.42. The van der Waals surface area contributed by atoms with E-state index in [0.29, 0.717) is 64.6 Å². The van der Waals surface area contributed by atoms with Crippen LogP contribution in [0.15, 0.2) is 36.8 Å². The van der Waals surface area contributed by atoms with Crippen LogP contribution < -0.4 is 19.8 Å². The van der Waals surface area contributed by atoms with Gasteiger partial charge < -0.3 is 15.1 Å². The third kappa shape index (κ3) is 5.35. The Labute approximate surface area is 224 Å². The van der Waals surface area contributed by atoms with Gasteiger partial charge >= 0.3 is 0 Å². The first-order valence-corrected chi connectivity index (χ1v) is 14.0. The Hall–Kier alpha value is -3.55. The van der Waals surface area contributed by atoms with Crippen LogP contribution in [0.3, 0.4) is 0 Å². The number of nitrogens with zero attached hydrogens (tertiary/aromatic N) is 7. The summed E-state index contributed by atoms with van der Waals surface area (Å²) in [5, 5.41) is 9.08. The van der Waals surface area contributed by atoms with Gasteiger partial charge in [-0.15, -0.1) is 0 Å². The monoisotopic (exact) mass is 559 g/mol. The number of fused-ring (bicyclic) bond motifs is 1. The van der Waals surface area contributed by atoms with Gasteiger partial charge in [0.25, 0.3) is 0 Å². The van der Waals surface area contributed by atoms with Crippen LogP contribution in [0.4, 0.5) is 27.4 Å². The first kappa shape index (κ1) is 26.1. The number of aromatic nitrogens is 5. The van der Waals surface area contributed by atoms with E-state index in [2.05, 4.69) is 30.1 Å². The summed E-state index contributed by atoms with van der Waals surface area (Å²) >= 11 is 6.20. The molecule has 38 heavy (non-hydrogen) atoms. The summed E-state index contributed by atoms with van der Waals surface area (Å²) < 4.78 is 42.3. The number of halogens is 2. The zero-order valence-electron chi connectivity index (χ0n) is 21.3. The molecule has 11 nitrogen and oxygen atoms in total. The van der Waals surface area contributed by atoms with Gasteiger partial charge in [0.1, 0.15) is 17.5 Å². The molecule has 0 bridgehead atoms. The van der Waals surface area contributed by atoms with Gasteiger partial charge in [-0.2, -0.15) is 5.10 Å². The summed E-state index contributed by atoms with van der Waals surface area (Å²) in [6, 6.07) is 5.01. The Kier molecular flexibility index (Phi) is 6.84. The van der Waals surface area contributed by atoms with Gasteiger partial charge in [0, 0.05) is 87.8 Å². The molecule has 0 unspecified atom stereocenters. The lowest BCUT2D eigenvalue weighted by atomic mass is 9.97. The highest BCUT2D eigenvalue weighted by Crippen LogP contribution is 2.39. The number of hydrogen-bond acceptors (Lipinski definition) is 9. The van der Waals surface area contributed by atoms with Gasteiger partial charge in [0.2, 0.25) is 10.0 Å². The van der Waals surface area contributed by atoms with E-state index in [-0.39, 0.29) is 11.7 Å². The second-order valence-corrected chi connectivity index (χ2v) is 11.7. The number of anilines is 4. The van der Waals surface area contributed by atoms with Gasteiger partial charge in [-0.1, -0.05) is 11.6 Å². The molecule has 1 aliphatic heterocycles. The average molecular weight is 560 g/mol. The number of pyridine rings is 1. The predicted octanol–water partition coefficient (Wildman–Crippen LogP) is 3.01. The topological polar surface area (TPSA) is 121 Å². The lowest BCUT2D eigenvalue weighted by molar-refractivity contribution is 0.407. The molecule has 1 aliphatic rings. The fourth-order valence-electron chi connectivity index (χ4n) is 4.50. The van der Waals surface area contributed by atoms with E-state index in [0.717, 1.165) is 11.6 Å². The summed E-state index contributed by atoms with van der Waals surface area (Å²) in [4.78, 5) is 17.2. The molecule has 4 aromatic rings. The van der Waals surface area contributed by atoms with Crippen LogP contribution in [0.25, 0.3) is 22.2 Å². The van der Waals surface area contributed by atoms with Crippen LogP contribution in [-0.4, -0.2) is 73.1 Å². The zero-order valence-corrected chi connectivity index (χ0v) is 22.8. The second-order valence-electron chi connectivity index (χ2n) is 9.53. The standard InChI is InChI=1S/C24H27ClFN9O2S/c1-33(2)22-15-7-21(30-20-5-6-27-24(31-20)17-13-34(3)32-23(17)25)28-10-16(15)19(8-18(22)26)35-11-14(12-35)9-29-38(4,36)37/h5-8,10,13-14,29H,9,11-12H2,1-4H3,(H,27,28,30,31). The number of nitrogens with one attached hydrogen (secondary N) is 2. The Morgan fingerprint density at radius 1 is 1.18 bits per heavy atom. The highest BCUT2D eigenvalue weighted by atomic mass is 35.5. The van der Waals surface area contributed by atoms with Crippen LogP contribution >= 0.6 is 11.6 Å². The van der Waals surface area contributed by atoms with E-state index in [9.17, 15) is 8.42 Å². The number of benzene rings is 1. The van der Waals surface area contributed by atoms with Crippen molar-refractivity contribution in [2.75, 3.05) is 55.1 Å². The maximum Gasteiger partial charge on any atom is 0.208 e. The molecule has 4 heterocycles. The molecule has 0 amide bonds. The van der Waals surface area contributed by atoms with Crippen molar-refractivity contribution >= 4 is 55.4 Å². The number of aryl methyl sites for hydroxylation is 1. The van der Waals surface area contributed by atoms with Crippen LogP contribution in [0.5, 0.6) is 0 Å². The number of hydrogen-bond donors (Lipinski definition) is 2. The minimum Gasteiger partial charge on any atom is -0.375 e. The normalized spacial score (nSPS) is 14.1. The molecule has 5 rings (SSSR count). The number of sulfonamides is 1. The molecule has 2 N–H and O–H groups in total. The third-order valence-electron chi connectivity index (χ3n) is 6.24. The fraction of sp³-hybridized carbons (Fsp3) is 0.333. The molecule has 14 heteroatoms. The summed E-state index contributed by atoms with van der Waals surface area (Å²) in [6.07, 6.45) is 6.19. The Morgan fingerprint density at radius 3 is 2.61 bits per heavy atom. The largest absolute Gasteiger partial charge is 0.375 e. The maximum absolute atomic E-state index is 15.4. The SMILES string of the molecule is CN(C)c1c(F)cc(N2CC(CNS(C)(=O)=O)C2)c2cnc(Nc3ccnc(-c4cn(C)nc4Cl)n3)cc12. The maximum atomic E-state index is 15.4. The van der Waals surface area contributed by atoms with E-state index in [4.69, 9.17) is 11.6 Å². The molecule has 1 aromatic carbocycles. The van der Waals surface area contributed by atoms with Crippen molar-refractivity contribution < 1.29 is 12.8 Å². The smallest absolute Gasteiger partial charge is 0.208 e. The second kappa shape index (κ2) is 9.97. The molecule has 1 saturated heterocycles. The van der Waals surface area contributed by atoms with Crippen molar-refractivity contribution in [2.24, 2.45) is 13.0 Å². The van der Waals surface area contributed by atoms with Gasteiger partial charge in [-0.05, 0) is 12.1 Å². The molecule has 3 aromatic heterocycles. The average Bonchev–Trinajstić information content (AvgIpc) is 3.14. The summed E-state index contributed by atoms with van der Waals surface area (Å²) in [5.41, 5.74) is 1.76. The summed E-state index contributed by atoms with van der Waals surface area (Å²) in [7, 11) is 2.08. The highest BCUT2D eigenvalue weighted by Gasteiger charge is 2.30. The van der Waals surface area contributed by atoms with E-state index < -0.39 is 10.0 Å². The minimum atomic E-state index is -3.26. The van der Waals surface area contributed by atoms with Crippen molar-refractivity contribution in [3.63, 3.8) is 0 Å². The van der Waals surface area contributed by atoms with Crippen molar-refractivity contribution in [3.05, 3.63) is 47.8 Å². The van der Waals surface area contributed by atoms with Crippen LogP contribution in [0.2, 0.25) is 5.15 Å². The van der Waals surface area contributed by atoms with E-state index in [1.165, 1.54) is 6.07 Å². The van der Waals surface area contributed by atoms with Gasteiger partial charge in [-0.25, -0.2) is 32.5 Å². The van der Waals surface area contributed by atoms with Gasteiger partial charge in [0.05, 0.1) is 17.5 Å². The van der Waals surface area contributed by atoms with Gasteiger partial charge in [-0.3, -0.25) is 4.68 Å². The third-order valence-corrected chi connectivity index (χ3v) is 7.21. The Balaban J connectivity index is 1.45. The predicted molar refractivity (Wildman–Crippen MR) is 147 cm³/mol. The number of rotatable bonds is 8. The quantitative estimate of drug-likeness (QED) is 0.335. The summed E-state index contributed by atoms with van der Waals surface area (Å²) in [6.45, 7) is 1.57. The Morgan fingerprint density at radius 2 is 1.95 bits per heavy atom. The fourth-order valence-corrected chi connectivity index (χ4v) is 5.29. The van der Waals surface area contributed by atoms with E-state index in [1.54, 1.807) is 61.4 Å². The molecule has 0 spiro atoms. The first-order valence-electron chi connectivity index (χ1n) is 11.8. The van der Waals surface area contributed by atoms with Gasteiger partial charge in [0.15, 0.2) is 11.0 Å². The molecule has 0 aliphatic carbocycles. The van der Waals surface area contributed by atoms with Crippen LogP contribution in [0, 0.1) is 11.7 Å². The van der Waals surface area contributed by atoms with E-state index >= 15 is 4.39 Å². The minimum absolute atomic E-state index is 0.144. The zero-order chi connectivity index (χ0) is 27.2. The first-order chi connectivity index (χ1) is 18.0. The van der Waals surface area contributed by atoms with Crippen molar-refractivity contribution in [1.82, 2.24) is 29.5 Å². The van der Waals surface area contributed by atoms with Crippen molar-refractivity contribution in [1.29, 1.82) is 0 Å². The van der Waals surface area contributed by atoms with E-state index in [1.807, 2.05) is 4.90 Å². The highest BCUT2D eigenvalue weighted by molar-refractivity contribution is 7.88. The van der Waals surface area contributed by atoms with Crippen LogP contribution in [-0.2, 0) is 17.1 Å². The Bertz CT molecular complexity index is 1620. The molecule has 1 fully saturated rings. The van der Waals surface area contributed by atoms with Crippen molar-refractivity contribution in [3.8, 4) is 11.4 Å².